The molecule has 0 fully saturated rings. The Hall–Kier alpha value is -0.990. The number of H-pyrrole nitrogens is 1. The highest BCUT2D eigenvalue weighted by Crippen LogP contribution is 2.08. The highest BCUT2D eigenvalue weighted by atomic mass is 35.5. The molecule has 2 aromatic rings. The topological polar surface area (TPSA) is 32.9 Å². The van der Waals surface area contributed by atoms with Crippen molar-refractivity contribution in [3.63, 3.8) is 0 Å². The van der Waals surface area contributed by atoms with Crippen LogP contribution in [0.1, 0.15) is 5.69 Å². The van der Waals surface area contributed by atoms with Gasteiger partial charge in [-0.2, -0.15) is 0 Å². The summed E-state index contributed by atoms with van der Waals surface area (Å²) in [5, 5.41) is 0.705. The van der Waals surface area contributed by atoms with E-state index in [4.69, 9.17) is 11.6 Å². The molecule has 0 bridgehead atoms. The van der Waals surface area contributed by atoms with Gasteiger partial charge in [-0.1, -0.05) is 12.1 Å². The van der Waals surface area contributed by atoms with Crippen LogP contribution in [0.4, 0.5) is 0 Å². The molecule has 4 heteroatoms. The van der Waals surface area contributed by atoms with E-state index in [0.29, 0.717) is 11.3 Å². The third kappa shape index (κ3) is 1.91. The van der Waals surface area contributed by atoms with Gasteiger partial charge < -0.3 is 4.98 Å². The van der Waals surface area contributed by atoms with Crippen molar-refractivity contribution >= 4 is 34.9 Å². The first-order valence-corrected chi connectivity index (χ1v) is 4.51. The standard InChI is InChI=1S/C10H8ClNO.ClH/c11-6-7-5-10(13)8-3-1-2-4-9(8)12-7;/h1-5H,6H2,(H,12,13);1H. The van der Waals surface area contributed by atoms with Gasteiger partial charge in [0.25, 0.3) is 0 Å². The van der Waals surface area contributed by atoms with E-state index in [-0.39, 0.29) is 17.8 Å². The van der Waals surface area contributed by atoms with Gasteiger partial charge in [-0.15, -0.1) is 24.0 Å². The van der Waals surface area contributed by atoms with Crippen molar-refractivity contribution in [1.82, 2.24) is 4.98 Å². The van der Waals surface area contributed by atoms with Crippen molar-refractivity contribution in [1.29, 1.82) is 0 Å². The molecule has 1 aromatic carbocycles. The molecule has 0 spiro atoms. The van der Waals surface area contributed by atoms with E-state index in [0.717, 1.165) is 11.2 Å². The first-order chi connectivity index (χ1) is 6.31. The number of fused-ring (bicyclic) bond motifs is 1. The van der Waals surface area contributed by atoms with Crippen LogP contribution in [0.5, 0.6) is 0 Å². The van der Waals surface area contributed by atoms with Gasteiger partial charge in [0.05, 0.1) is 5.88 Å². The fourth-order valence-electron chi connectivity index (χ4n) is 1.32. The molecule has 0 radical (unpaired) electrons. The molecule has 74 valence electrons. The summed E-state index contributed by atoms with van der Waals surface area (Å²) in [5.41, 5.74) is 1.61. The van der Waals surface area contributed by atoms with E-state index >= 15 is 0 Å². The minimum absolute atomic E-state index is 0. The van der Waals surface area contributed by atoms with Crippen LogP contribution in [0, 0.1) is 0 Å². The molecule has 0 aliphatic rings. The third-order valence-corrected chi connectivity index (χ3v) is 2.22. The van der Waals surface area contributed by atoms with Gasteiger partial charge in [-0.25, -0.2) is 0 Å². The number of para-hydroxylation sites is 1. The molecule has 2 nitrogen and oxygen atoms in total. The highest BCUT2D eigenvalue weighted by Gasteiger charge is 1.99. The van der Waals surface area contributed by atoms with Crippen LogP contribution in [0.25, 0.3) is 10.9 Å². The molecular formula is C10H9Cl2NO. The second-order valence-electron chi connectivity index (χ2n) is 2.84. The number of hydrogen-bond acceptors (Lipinski definition) is 1. The Morgan fingerprint density at radius 3 is 2.71 bits per heavy atom. The summed E-state index contributed by atoms with van der Waals surface area (Å²) in [6.07, 6.45) is 0. The number of halogens is 2. The predicted molar refractivity (Wildman–Crippen MR) is 61.4 cm³/mol. The Labute approximate surface area is 92.3 Å². The average molecular weight is 230 g/mol. The van der Waals surface area contributed by atoms with Gasteiger partial charge in [-0.05, 0) is 12.1 Å². The third-order valence-electron chi connectivity index (χ3n) is 1.94. The van der Waals surface area contributed by atoms with Gasteiger partial charge in [0.2, 0.25) is 0 Å². The lowest BCUT2D eigenvalue weighted by atomic mass is 10.2. The number of rotatable bonds is 1. The van der Waals surface area contributed by atoms with Crippen LogP contribution in [-0.2, 0) is 5.88 Å². The van der Waals surface area contributed by atoms with E-state index < -0.39 is 0 Å². The lowest BCUT2D eigenvalue weighted by Crippen LogP contribution is -2.03. The number of pyridine rings is 1. The molecule has 0 amide bonds. The molecule has 14 heavy (non-hydrogen) atoms. The molecule has 0 saturated carbocycles. The largest absolute Gasteiger partial charge is 0.357 e. The average Bonchev–Trinajstić information content (AvgIpc) is 2.18. The first kappa shape index (κ1) is 11.1. The van der Waals surface area contributed by atoms with Crippen molar-refractivity contribution in [2.24, 2.45) is 0 Å². The number of nitrogens with one attached hydrogen (secondary N) is 1. The first-order valence-electron chi connectivity index (χ1n) is 3.98. The molecule has 0 unspecified atom stereocenters. The number of benzene rings is 1. The van der Waals surface area contributed by atoms with E-state index in [1.807, 2.05) is 18.2 Å². The van der Waals surface area contributed by atoms with Crippen LogP contribution in [0.2, 0.25) is 0 Å². The molecule has 0 atom stereocenters. The summed E-state index contributed by atoms with van der Waals surface area (Å²) in [7, 11) is 0. The predicted octanol–water partition coefficient (Wildman–Crippen LogP) is 2.69. The van der Waals surface area contributed by atoms with E-state index in [1.54, 1.807) is 6.07 Å². The molecule has 1 heterocycles. The Morgan fingerprint density at radius 2 is 2.00 bits per heavy atom. The highest BCUT2D eigenvalue weighted by molar-refractivity contribution is 6.16. The van der Waals surface area contributed by atoms with Gasteiger partial charge >= 0.3 is 0 Å². The smallest absolute Gasteiger partial charge is 0.189 e. The number of hydrogen-bond donors (Lipinski definition) is 1. The molecule has 0 aliphatic carbocycles. The number of alkyl halides is 1. The van der Waals surface area contributed by atoms with Crippen LogP contribution in [0.3, 0.4) is 0 Å². The molecule has 1 N–H and O–H groups in total. The summed E-state index contributed by atoms with van der Waals surface area (Å²) in [5.74, 6) is 0.333. The number of aromatic amines is 1. The summed E-state index contributed by atoms with van der Waals surface area (Å²) >= 11 is 5.63. The SMILES string of the molecule is Cl.O=c1cc(CCl)[nH]c2ccccc12. The monoisotopic (exact) mass is 229 g/mol. The molecule has 1 aromatic heterocycles. The minimum Gasteiger partial charge on any atom is -0.357 e. The van der Waals surface area contributed by atoms with E-state index in [2.05, 4.69) is 4.98 Å². The molecule has 0 aliphatic heterocycles. The van der Waals surface area contributed by atoms with Crippen LogP contribution in [-0.4, -0.2) is 4.98 Å². The molecule has 0 saturated heterocycles. The molecule has 2 rings (SSSR count). The Morgan fingerprint density at radius 1 is 1.29 bits per heavy atom. The minimum atomic E-state index is 0. The Bertz CT molecular complexity index is 493. The lowest BCUT2D eigenvalue weighted by Gasteiger charge is -1.99. The van der Waals surface area contributed by atoms with Crippen molar-refractivity contribution in [3.05, 3.63) is 46.2 Å². The summed E-state index contributed by atoms with van der Waals surface area (Å²) in [4.78, 5) is 14.6. The van der Waals surface area contributed by atoms with E-state index in [9.17, 15) is 4.79 Å². The van der Waals surface area contributed by atoms with Gasteiger partial charge in [0.15, 0.2) is 5.43 Å². The van der Waals surface area contributed by atoms with Crippen molar-refractivity contribution in [2.45, 2.75) is 5.88 Å². The summed E-state index contributed by atoms with van der Waals surface area (Å²) in [6, 6.07) is 8.93. The fourth-order valence-corrected chi connectivity index (χ4v) is 1.47. The zero-order valence-electron chi connectivity index (χ0n) is 7.29. The maximum atomic E-state index is 11.5. The van der Waals surface area contributed by atoms with E-state index in [1.165, 1.54) is 6.07 Å². The van der Waals surface area contributed by atoms with Gasteiger partial charge in [-0.3, -0.25) is 4.79 Å². The lowest BCUT2D eigenvalue weighted by molar-refractivity contribution is 1.21. The quantitative estimate of drug-likeness (QED) is 0.750. The zero-order chi connectivity index (χ0) is 9.26. The van der Waals surface area contributed by atoms with Crippen molar-refractivity contribution < 1.29 is 0 Å². The van der Waals surface area contributed by atoms with Crippen LogP contribution >= 0.6 is 24.0 Å². The fraction of sp³-hybridized carbons (Fsp3) is 0.100. The molecular weight excluding hydrogens is 221 g/mol. The Kier molecular flexibility index (Phi) is 3.55. The zero-order valence-corrected chi connectivity index (χ0v) is 8.86. The van der Waals surface area contributed by atoms with Crippen molar-refractivity contribution in [2.75, 3.05) is 0 Å². The second kappa shape index (κ2) is 4.49. The van der Waals surface area contributed by atoms with Crippen LogP contribution in [0.15, 0.2) is 35.1 Å². The van der Waals surface area contributed by atoms with Gasteiger partial charge in [0.1, 0.15) is 0 Å². The maximum Gasteiger partial charge on any atom is 0.189 e. The van der Waals surface area contributed by atoms with Crippen LogP contribution < -0.4 is 5.43 Å². The summed E-state index contributed by atoms with van der Waals surface area (Å²) in [6.45, 7) is 0. The van der Waals surface area contributed by atoms with Crippen molar-refractivity contribution in [3.8, 4) is 0 Å². The summed E-state index contributed by atoms with van der Waals surface area (Å²) < 4.78 is 0. The van der Waals surface area contributed by atoms with Gasteiger partial charge in [0, 0.05) is 22.7 Å². The maximum absolute atomic E-state index is 11.5. The normalized spacial score (nSPS) is 9.79. The Balaban J connectivity index is 0.000000980. The number of aromatic nitrogens is 1. The second-order valence-corrected chi connectivity index (χ2v) is 3.11.